The minimum atomic E-state index is -0.682. The first-order chi connectivity index (χ1) is 5.13. The van der Waals surface area contributed by atoms with E-state index in [9.17, 15) is 9.90 Å². The molecule has 0 atom stereocenters. The molecule has 0 spiro atoms. The zero-order valence-corrected chi connectivity index (χ0v) is 7.06. The molecule has 0 aliphatic rings. The molecule has 0 aliphatic heterocycles. The first-order valence-corrected chi connectivity index (χ1v) is 3.66. The Morgan fingerprint density at radius 3 is 2.64 bits per heavy atom. The lowest BCUT2D eigenvalue weighted by molar-refractivity contribution is 0.107. The van der Waals surface area contributed by atoms with Crippen LogP contribution in [0.4, 0.5) is 0 Å². The van der Waals surface area contributed by atoms with Gasteiger partial charge in [-0.3, -0.25) is 4.79 Å². The van der Waals surface area contributed by atoms with Crippen LogP contribution in [0.25, 0.3) is 0 Å². The van der Waals surface area contributed by atoms with Gasteiger partial charge in [0.05, 0.1) is 5.56 Å². The number of benzene rings is 1. The predicted molar refractivity (Wildman–Crippen MR) is 45.5 cm³/mol. The lowest BCUT2D eigenvalue weighted by Crippen LogP contribution is -1.89. The Morgan fingerprint density at radius 1 is 1.55 bits per heavy atom. The van der Waals surface area contributed by atoms with E-state index < -0.39 is 5.24 Å². The number of thiol groups is 1. The summed E-state index contributed by atoms with van der Waals surface area (Å²) in [5.41, 5.74) is 0.0826. The fourth-order valence-electron chi connectivity index (χ4n) is 0.690. The van der Waals surface area contributed by atoms with Crippen molar-refractivity contribution in [1.82, 2.24) is 0 Å². The SMILES string of the molecule is O=C(Cl)c1cccc(S)c1O. The van der Waals surface area contributed by atoms with Crippen molar-refractivity contribution >= 4 is 29.5 Å². The third-order valence-corrected chi connectivity index (χ3v) is 1.79. The molecule has 0 saturated heterocycles. The highest BCUT2D eigenvalue weighted by molar-refractivity contribution is 7.80. The Morgan fingerprint density at radius 2 is 2.18 bits per heavy atom. The smallest absolute Gasteiger partial charge is 0.256 e. The van der Waals surface area contributed by atoms with Crippen molar-refractivity contribution in [3.63, 3.8) is 0 Å². The summed E-state index contributed by atoms with van der Waals surface area (Å²) in [6.45, 7) is 0. The number of phenols is 1. The van der Waals surface area contributed by atoms with E-state index in [0.717, 1.165) is 0 Å². The van der Waals surface area contributed by atoms with Gasteiger partial charge in [-0.15, -0.1) is 12.6 Å². The number of carbonyl (C=O) groups is 1. The minimum absolute atomic E-state index is 0.0826. The first kappa shape index (κ1) is 8.43. The summed E-state index contributed by atoms with van der Waals surface area (Å²) in [6.07, 6.45) is 0. The highest BCUT2D eigenvalue weighted by Crippen LogP contribution is 2.26. The van der Waals surface area contributed by atoms with E-state index in [2.05, 4.69) is 12.6 Å². The quantitative estimate of drug-likeness (QED) is 0.523. The fraction of sp³-hybridized carbons (Fsp3) is 0. The summed E-state index contributed by atoms with van der Waals surface area (Å²) in [4.78, 5) is 10.9. The van der Waals surface area contributed by atoms with Gasteiger partial charge in [0.2, 0.25) is 0 Å². The zero-order chi connectivity index (χ0) is 8.43. The lowest BCUT2D eigenvalue weighted by atomic mass is 10.2. The molecule has 2 nitrogen and oxygen atoms in total. The standard InChI is InChI=1S/C7H5ClO2S/c8-7(10)4-2-1-3-5(11)6(4)9/h1-3,9,11H. The molecule has 58 valence electrons. The number of carbonyl (C=O) groups excluding carboxylic acids is 1. The van der Waals surface area contributed by atoms with E-state index in [1.54, 1.807) is 12.1 Å². The van der Waals surface area contributed by atoms with Gasteiger partial charge in [-0.1, -0.05) is 6.07 Å². The molecule has 0 aliphatic carbocycles. The second kappa shape index (κ2) is 3.15. The number of aromatic hydroxyl groups is 1. The van der Waals surface area contributed by atoms with Crippen LogP contribution in [-0.4, -0.2) is 10.3 Å². The number of hydrogen-bond donors (Lipinski definition) is 2. The van der Waals surface area contributed by atoms with E-state index in [0.29, 0.717) is 4.90 Å². The first-order valence-electron chi connectivity index (χ1n) is 2.83. The van der Waals surface area contributed by atoms with Crippen molar-refractivity contribution in [2.24, 2.45) is 0 Å². The maximum absolute atomic E-state index is 10.6. The number of hydrogen-bond acceptors (Lipinski definition) is 3. The molecule has 0 unspecified atom stereocenters. The highest BCUT2D eigenvalue weighted by Gasteiger charge is 2.09. The molecular weight excluding hydrogens is 184 g/mol. The number of phenolic OH excluding ortho intramolecular Hbond substituents is 1. The van der Waals surface area contributed by atoms with Gasteiger partial charge in [0.1, 0.15) is 5.75 Å². The van der Waals surface area contributed by atoms with Gasteiger partial charge in [-0.05, 0) is 23.7 Å². The maximum atomic E-state index is 10.6. The summed E-state index contributed by atoms with van der Waals surface area (Å²) < 4.78 is 0. The number of halogens is 1. The van der Waals surface area contributed by atoms with Gasteiger partial charge < -0.3 is 5.11 Å². The highest BCUT2D eigenvalue weighted by atomic mass is 35.5. The van der Waals surface area contributed by atoms with Crippen molar-refractivity contribution in [2.45, 2.75) is 4.90 Å². The molecule has 0 heterocycles. The monoisotopic (exact) mass is 188 g/mol. The average molecular weight is 189 g/mol. The van der Waals surface area contributed by atoms with Gasteiger partial charge >= 0.3 is 0 Å². The predicted octanol–water partition coefficient (Wildman–Crippen LogP) is 2.06. The van der Waals surface area contributed by atoms with Crippen molar-refractivity contribution in [3.8, 4) is 5.75 Å². The lowest BCUT2D eigenvalue weighted by Gasteiger charge is -1.99. The van der Waals surface area contributed by atoms with Gasteiger partial charge in [0.15, 0.2) is 0 Å². The third kappa shape index (κ3) is 1.67. The van der Waals surface area contributed by atoms with Crippen LogP contribution in [0.3, 0.4) is 0 Å². The molecule has 1 aromatic rings. The van der Waals surface area contributed by atoms with Crippen LogP contribution in [-0.2, 0) is 0 Å². The number of para-hydroxylation sites is 1. The van der Waals surface area contributed by atoms with E-state index in [1.165, 1.54) is 6.07 Å². The second-order valence-corrected chi connectivity index (χ2v) is 2.77. The maximum Gasteiger partial charge on any atom is 0.256 e. The molecule has 0 bridgehead atoms. The Kier molecular flexibility index (Phi) is 2.42. The molecule has 0 aromatic heterocycles. The molecule has 0 saturated carbocycles. The van der Waals surface area contributed by atoms with E-state index >= 15 is 0 Å². The van der Waals surface area contributed by atoms with Gasteiger partial charge in [-0.25, -0.2) is 0 Å². The Labute approximate surface area is 74.2 Å². The number of rotatable bonds is 1. The molecule has 1 rings (SSSR count). The van der Waals surface area contributed by atoms with Crippen LogP contribution in [0.1, 0.15) is 10.4 Å². The van der Waals surface area contributed by atoms with Crippen LogP contribution < -0.4 is 0 Å². The molecule has 0 radical (unpaired) electrons. The molecule has 1 aromatic carbocycles. The van der Waals surface area contributed by atoms with E-state index in [1.807, 2.05) is 0 Å². The summed E-state index contributed by atoms with van der Waals surface area (Å²) in [6, 6.07) is 4.60. The molecule has 1 N–H and O–H groups in total. The van der Waals surface area contributed by atoms with Crippen LogP contribution in [0.5, 0.6) is 5.75 Å². The second-order valence-electron chi connectivity index (χ2n) is 1.95. The van der Waals surface area contributed by atoms with Gasteiger partial charge in [-0.2, -0.15) is 0 Å². The Balaban J connectivity index is 3.27. The van der Waals surface area contributed by atoms with Crippen LogP contribution in [0, 0.1) is 0 Å². The zero-order valence-electron chi connectivity index (χ0n) is 5.41. The summed E-state index contributed by atoms with van der Waals surface area (Å²) in [7, 11) is 0. The van der Waals surface area contributed by atoms with E-state index in [4.69, 9.17) is 11.6 Å². The fourth-order valence-corrected chi connectivity index (χ4v) is 1.05. The molecule has 4 heteroatoms. The van der Waals surface area contributed by atoms with Crippen LogP contribution in [0.15, 0.2) is 23.1 Å². The van der Waals surface area contributed by atoms with Crippen molar-refractivity contribution in [2.75, 3.05) is 0 Å². The molecule has 0 fully saturated rings. The minimum Gasteiger partial charge on any atom is -0.506 e. The van der Waals surface area contributed by atoms with Crippen molar-refractivity contribution in [3.05, 3.63) is 23.8 Å². The summed E-state index contributed by atoms with van der Waals surface area (Å²) in [5.74, 6) is -0.171. The Hall–Kier alpha value is -0.670. The van der Waals surface area contributed by atoms with Gasteiger partial charge in [0, 0.05) is 4.90 Å². The van der Waals surface area contributed by atoms with Crippen molar-refractivity contribution < 1.29 is 9.90 Å². The van der Waals surface area contributed by atoms with Crippen molar-refractivity contribution in [1.29, 1.82) is 0 Å². The van der Waals surface area contributed by atoms with Gasteiger partial charge in [0.25, 0.3) is 5.24 Å². The third-order valence-electron chi connectivity index (χ3n) is 1.23. The van der Waals surface area contributed by atoms with Crippen LogP contribution >= 0.6 is 24.2 Å². The topological polar surface area (TPSA) is 37.3 Å². The summed E-state index contributed by atoms with van der Waals surface area (Å²) in [5, 5.41) is 8.50. The largest absolute Gasteiger partial charge is 0.506 e. The Bertz CT molecular complexity index is 298. The summed E-state index contributed by atoms with van der Waals surface area (Å²) >= 11 is 9.05. The molecular formula is C7H5ClO2S. The average Bonchev–Trinajstić information content (AvgIpc) is 1.94. The van der Waals surface area contributed by atoms with E-state index in [-0.39, 0.29) is 11.3 Å². The molecule has 11 heavy (non-hydrogen) atoms. The van der Waals surface area contributed by atoms with Crippen LogP contribution in [0.2, 0.25) is 0 Å². The normalized spacial score (nSPS) is 9.64. The molecule has 0 amide bonds.